The summed E-state index contributed by atoms with van der Waals surface area (Å²) >= 11 is 1.92. The van der Waals surface area contributed by atoms with Crippen molar-refractivity contribution in [3.63, 3.8) is 0 Å². The number of amides is 1. The van der Waals surface area contributed by atoms with Crippen molar-refractivity contribution in [3.8, 4) is 6.07 Å². The lowest BCUT2D eigenvalue weighted by Gasteiger charge is -2.36. The summed E-state index contributed by atoms with van der Waals surface area (Å²) in [6.45, 7) is 5.31. The average molecular weight is 330 g/mol. The Morgan fingerprint density at radius 3 is 2.61 bits per heavy atom. The maximum absolute atomic E-state index is 12.6. The highest BCUT2D eigenvalue weighted by Gasteiger charge is 2.30. The third-order valence-electron chi connectivity index (χ3n) is 4.60. The van der Waals surface area contributed by atoms with Crippen molar-refractivity contribution in [2.75, 3.05) is 42.6 Å². The first-order chi connectivity index (χ1) is 11.2. The van der Waals surface area contributed by atoms with Crippen LogP contribution in [0.1, 0.15) is 24.1 Å². The van der Waals surface area contributed by atoms with Crippen LogP contribution in [0.2, 0.25) is 0 Å². The molecule has 3 rings (SSSR count). The minimum absolute atomic E-state index is 0.129. The fraction of sp³-hybridized carbons (Fsp3) is 0.588. The summed E-state index contributed by atoms with van der Waals surface area (Å²) in [6.07, 6.45) is 1.70. The first kappa shape index (κ1) is 16.1. The number of carbonyl (C=O) groups excluding carboxylic acids is 1. The van der Waals surface area contributed by atoms with Crippen LogP contribution in [0.5, 0.6) is 0 Å². The van der Waals surface area contributed by atoms with Crippen molar-refractivity contribution in [2.45, 2.75) is 19.8 Å². The van der Waals surface area contributed by atoms with Gasteiger partial charge in [-0.25, -0.2) is 4.98 Å². The van der Waals surface area contributed by atoms with E-state index in [9.17, 15) is 10.1 Å². The molecule has 1 amide bonds. The largest absolute Gasteiger partial charge is 0.355 e. The molecule has 1 aromatic heterocycles. The minimum atomic E-state index is 0.129. The van der Waals surface area contributed by atoms with E-state index in [1.165, 1.54) is 0 Å². The van der Waals surface area contributed by atoms with Gasteiger partial charge in [-0.3, -0.25) is 4.79 Å². The number of hydrogen-bond donors (Lipinski definition) is 0. The molecule has 2 fully saturated rings. The third-order valence-corrected chi connectivity index (χ3v) is 5.54. The molecule has 0 aliphatic carbocycles. The molecule has 5 nitrogen and oxygen atoms in total. The van der Waals surface area contributed by atoms with E-state index in [0.717, 1.165) is 62.0 Å². The summed E-state index contributed by atoms with van der Waals surface area (Å²) in [7, 11) is 0. The lowest BCUT2D eigenvalue weighted by molar-refractivity contribution is -0.135. The van der Waals surface area contributed by atoms with E-state index in [1.807, 2.05) is 35.7 Å². The molecule has 6 heteroatoms. The number of rotatable bonds is 2. The Balaban J connectivity index is 1.63. The second kappa shape index (κ2) is 7.22. The molecule has 2 aliphatic rings. The number of aromatic nitrogens is 1. The Morgan fingerprint density at radius 1 is 1.26 bits per heavy atom. The van der Waals surface area contributed by atoms with Gasteiger partial charge in [0, 0.05) is 49.3 Å². The topological polar surface area (TPSA) is 60.2 Å². The summed E-state index contributed by atoms with van der Waals surface area (Å²) in [4.78, 5) is 21.3. The Labute approximate surface area is 141 Å². The summed E-state index contributed by atoms with van der Waals surface area (Å²) in [5, 5.41) is 9.27. The highest BCUT2D eigenvalue weighted by Crippen LogP contribution is 2.26. The number of nitrogens with zero attached hydrogens (tertiary/aromatic N) is 4. The highest BCUT2D eigenvalue weighted by atomic mass is 32.2. The molecular formula is C17H22N4OS. The first-order valence-electron chi connectivity index (χ1n) is 8.18. The Kier molecular flexibility index (Phi) is 5.06. The molecule has 2 saturated heterocycles. The third kappa shape index (κ3) is 3.61. The van der Waals surface area contributed by atoms with E-state index < -0.39 is 0 Å². The van der Waals surface area contributed by atoms with Crippen LogP contribution in [0.3, 0.4) is 0 Å². The number of aryl methyl sites for hydroxylation is 1. The second-order valence-corrected chi connectivity index (χ2v) is 7.36. The van der Waals surface area contributed by atoms with Gasteiger partial charge < -0.3 is 9.80 Å². The monoisotopic (exact) mass is 330 g/mol. The van der Waals surface area contributed by atoms with Crippen molar-refractivity contribution >= 4 is 23.5 Å². The Morgan fingerprint density at radius 2 is 1.96 bits per heavy atom. The van der Waals surface area contributed by atoms with E-state index in [2.05, 4.69) is 16.0 Å². The molecule has 0 aromatic carbocycles. The van der Waals surface area contributed by atoms with Gasteiger partial charge in [0.15, 0.2) is 0 Å². The number of hydrogen-bond acceptors (Lipinski definition) is 5. The van der Waals surface area contributed by atoms with Crippen LogP contribution in [0.25, 0.3) is 0 Å². The summed E-state index contributed by atoms with van der Waals surface area (Å²) in [5.41, 5.74) is 1.54. The van der Waals surface area contributed by atoms with E-state index in [4.69, 9.17) is 0 Å². The number of nitriles is 1. The van der Waals surface area contributed by atoms with Crippen LogP contribution >= 0.6 is 11.8 Å². The predicted octanol–water partition coefficient (Wildman–Crippen LogP) is 2.05. The molecule has 0 spiro atoms. The van der Waals surface area contributed by atoms with Crippen molar-refractivity contribution < 1.29 is 4.79 Å². The van der Waals surface area contributed by atoms with Crippen molar-refractivity contribution in [2.24, 2.45) is 5.92 Å². The zero-order valence-corrected chi connectivity index (χ0v) is 14.3. The number of anilines is 1. The van der Waals surface area contributed by atoms with Crippen LogP contribution in [0.4, 0.5) is 5.82 Å². The standard InChI is InChI=1S/C17H22N4OS/c1-13-2-3-15(12-18)16(19-13)20-6-4-14(5-7-20)17(22)21-8-10-23-11-9-21/h2-3,14H,4-11H2,1H3. The fourth-order valence-corrected chi connectivity index (χ4v) is 4.15. The number of pyridine rings is 1. The molecule has 0 atom stereocenters. The summed E-state index contributed by atoms with van der Waals surface area (Å²) in [5.74, 6) is 3.34. The quantitative estimate of drug-likeness (QED) is 0.830. The van der Waals surface area contributed by atoms with Crippen LogP contribution < -0.4 is 4.90 Å². The normalized spacial score (nSPS) is 19.5. The van der Waals surface area contributed by atoms with E-state index in [-0.39, 0.29) is 5.92 Å². The molecule has 3 heterocycles. The van der Waals surface area contributed by atoms with Crippen LogP contribution in [0, 0.1) is 24.2 Å². The van der Waals surface area contributed by atoms with Gasteiger partial charge in [-0.15, -0.1) is 0 Å². The zero-order chi connectivity index (χ0) is 16.2. The number of carbonyl (C=O) groups is 1. The van der Waals surface area contributed by atoms with Gasteiger partial charge >= 0.3 is 0 Å². The lowest BCUT2D eigenvalue weighted by atomic mass is 9.95. The van der Waals surface area contributed by atoms with E-state index in [0.29, 0.717) is 11.5 Å². The van der Waals surface area contributed by atoms with E-state index >= 15 is 0 Å². The van der Waals surface area contributed by atoms with E-state index in [1.54, 1.807) is 0 Å². The number of thioether (sulfide) groups is 1. The van der Waals surface area contributed by atoms with Crippen LogP contribution in [-0.4, -0.2) is 53.5 Å². The second-order valence-electron chi connectivity index (χ2n) is 6.13. The molecule has 122 valence electrons. The van der Waals surface area contributed by atoms with Crippen molar-refractivity contribution in [1.82, 2.24) is 9.88 Å². The Hall–Kier alpha value is -1.74. The van der Waals surface area contributed by atoms with Gasteiger partial charge in [-0.2, -0.15) is 17.0 Å². The molecule has 0 bridgehead atoms. The summed E-state index contributed by atoms with van der Waals surface area (Å²) in [6, 6.07) is 5.93. The van der Waals surface area contributed by atoms with Gasteiger partial charge in [0.2, 0.25) is 5.91 Å². The molecule has 1 aromatic rings. The zero-order valence-electron chi connectivity index (χ0n) is 13.5. The lowest BCUT2D eigenvalue weighted by Crippen LogP contribution is -2.45. The molecule has 23 heavy (non-hydrogen) atoms. The van der Waals surface area contributed by atoms with Gasteiger partial charge in [-0.1, -0.05) is 0 Å². The average Bonchev–Trinajstić information content (AvgIpc) is 2.62. The van der Waals surface area contributed by atoms with Crippen molar-refractivity contribution in [1.29, 1.82) is 5.26 Å². The maximum Gasteiger partial charge on any atom is 0.225 e. The molecule has 2 aliphatic heterocycles. The summed E-state index contributed by atoms with van der Waals surface area (Å²) < 4.78 is 0. The van der Waals surface area contributed by atoms with Gasteiger partial charge in [-0.05, 0) is 31.9 Å². The molecule has 0 saturated carbocycles. The SMILES string of the molecule is Cc1ccc(C#N)c(N2CCC(C(=O)N3CCSCC3)CC2)n1. The maximum atomic E-state index is 12.6. The highest BCUT2D eigenvalue weighted by molar-refractivity contribution is 7.99. The minimum Gasteiger partial charge on any atom is -0.355 e. The molecule has 0 N–H and O–H groups in total. The molecule has 0 unspecified atom stereocenters. The Bertz CT molecular complexity index is 614. The molecular weight excluding hydrogens is 308 g/mol. The van der Waals surface area contributed by atoms with Gasteiger partial charge in [0.1, 0.15) is 11.9 Å². The van der Waals surface area contributed by atoms with Gasteiger partial charge in [0.25, 0.3) is 0 Å². The number of piperidine rings is 1. The van der Waals surface area contributed by atoms with Gasteiger partial charge in [0.05, 0.1) is 5.56 Å². The first-order valence-corrected chi connectivity index (χ1v) is 9.33. The predicted molar refractivity (Wildman–Crippen MR) is 92.5 cm³/mol. The fourth-order valence-electron chi connectivity index (χ4n) is 3.25. The van der Waals surface area contributed by atoms with Crippen molar-refractivity contribution in [3.05, 3.63) is 23.4 Å². The van der Waals surface area contributed by atoms with Crippen LogP contribution in [0.15, 0.2) is 12.1 Å². The van der Waals surface area contributed by atoms with Crippen LogP contribution in [-0.2, 0) is 4.79 Å². The smallest absolute Gasteiger partial charge is 0.225 e. The molecule has 0 radical (unpaired) electrons.